The molecule has 0 N–H and O–H groups in total. The van der Waals surface area contributed by atoms with Gasteiger partial charge in [-0.2, -0.15) is 0 Å². The van der Waals surface area contributed by atoms with Gasteiger partial charge < -0.3 is 9.80 Å². The highest BCUT2D eigenvalue weighted by Gasteiger charge is 2.27. The first-order chi connectivity index (χ1) is 11.1. The smallest absolute Gasteiger partial charge is 0.257 e. The van der Waals surface area contributed by atoms with Gasteiger partial charge in [-0.25, -0.2) is 9.97 Å². The fraction of sp³-hybridized carbons (Fsp3) is 0.647. The quantitative estimate of drug-likeness (QED) is 0.833. The van der Waals surface area contributed by atoms with Crippen molar-refractivity contribution in [3.63, 3.8) is 0 Å². The number of likely N-dealkylation sites (tertiary alicyclic amines) is 2. The number of carbonyl (C=O) groups excluding carboxylic acids is 2. The molecule has 0 spiro atoms. The van der Waals surface area contributed by atoms with Crippen molar-refractivity contribution in [2.24, 2.45) is 0 Å². The molecule has 0 saturated carbocycles. The first-order valence-electron chi connectivity index (χ1n) is 8.44. The van der Waals surface area contributed by atoms with Gasteiger partial charge >= 0.3 is 0 Å². The van der Waals surface area contributed by atoms with Crippen LogP contribution in [0.15, 0.2) is 6.20 Å². The van der Waals surface area contributed by atoms with Gasteiger partial charge in [-0.15, -0.1) is 0 Å². The molecule has 23 heavy (non-hydrogen) atoms. The molecule has 1 atom stereocenters. The fourth-order valence-electron chi connectivity index (χ4n) is 3.46. The number of nitrogens with zero attached hydrogens (tertiary/aromatic N) is 4. The third-order valence-corrected chi connectivity index (χ3v) is 4.85. The summed E-state index contributed by atoms with van der Waals surface area (Å²) in [7, 11) is 0. The number of aromatic nitrogens is 2. The van der Waals surface area contributed by atoms with Crippen molar-refractivity contribution in [3.05, 3.63) is 23.3 Å². The first kappa shape index (κ1) is 15.9. The van der Waals surface area contributed by atoms with E-state index in [2.05, 4.69) is 9.97 Å². The van der Waals surface area contributed by atoms with Crippen LogP contribution >= 0.6 is 0 Å². The van der Waals surface area contributed by atoms with Crippen molar-refractivity contribution in [2.45, 2.75) is 45.4 Å². The zero-order chi connectivity index (χ0) is 16.4. The molecule has 0 aliphatic carbocycles. The van der Waals surface area contributed by atoms with Crippen LogP contribution in [-0.4, -0.2) is 57.8 Å². The highest BCUT2D eigenvalue weighted by Crippen LogP contribution is 2.25. The second-order valence-corrected chi connectivity index (χ2v) is 6.53. The lowest BCUT2D eigenvalue weighted by Gasteiger charge is -2.31. The van der Waals surface area contributed by atoms with Gasteiger partial charge in [-0.3, -0.25) is 9.59 Å². The molecule has 1 aromatic heterocycles. The number of amides is 2. The molecule has 0 aromatic carbocycles. The van der Waals surface area contributed by atoms with Crippen molar-refractivity contribution >= 4 is 11.8 Å². The summed E-state index contributed by atoms with van der Waals surface area (Å²) in [5.74, 6) is 1.07. The molecule has 0 radical (unpaired) electrons. The average molecular weight is 316 g/mol. The summed E-state index contributed by atoms with van der Waals surface area (Å²) in [4.78, 5) is 36.8. The average Bonchev–Trinajstić information content (AvgIpc) is 3.08. The SMILES string of the molecule is CC(=O)N1CCC[C@@H](c2ncc(C(=O)N3CCCC3)c(C)n2)C1. The Hall–Kier alpha value is -1.98. The van der Waals surface area contributed by atoms with Gasteiger partial charge in [-0.1, -0.05) is 0 Å². The number of carbonyl (C=O) groups is 2. The van der Waals surface area contributed by atoms with Crippen LogP contribution in [0.1, 0.15) is 60.4 Å². The first-order valence-corrected chi connectivity index (χ1v) is 8.44. The van der Waals surface area contributed by atoms with E-state index in [0.29, 0.717) is 12.1 Å². The molecule has 6 nitrogen and oxygen atoms in total. The van der Waals surface area contributed by atoms with Crippen molar-refractivity contribution in [2.75, 3.05) is 26.2 Å². The van der Waals surface area contributed by atoms with Gasteiger partial charge in [0.2, 0.25) is 5.91 Å². The van der Waals surface area contributed by atoms with E-state index in [9.17, 15) is 9.59 Å². The molecule has 6 heteroatoms. The lowest BCUT2D eigenvalue weighted by atomic mass is 9.97. The molecular formula is C17H24N4O2. The minimum Gasteiger partial charge on any atom is -0.342 e. The Labute approximate surface area is 136 Å². The van der Waals surface area contributed by atoms with Crippen LogP contribution in [-0.2, 0) is 4.79 Å². The van der Waals surface area contributed by atoms with Crippen molar-refractivity contribution in [3.8, 4) is 0 Å². The lowest BCUT2D eigenvalue weighted by molar-refractivity contribution is -0.130. The number of piperidine rings is 1. The summed E-state index contributed by atoms with van der Waals surface area (Å²) in [5.41, 5.74) is 1.35. The molecule has 1 aromatic rings. The van der Waals surface area contributed by atoms with Gasteiger partial charge in [-0.05, 0) is 32.6 Å². The third-order valence-electron chi connectivity index (χ3n) is 4.85. The predicted octanol–water partition coefficient (Wildman–Crippen LogP) is 1.75. The number of hydrogen-bond donors (Lipinski definition) is 0. The van der Waals surface area contributed by atoms with Crippen molar-refractivity contribution in [1.82, 2.24) is 19.8 Å². The minimum atomic E-state index is 0.0422. The number of hydrogen-bond acceptors (Lipinski definition) is 4. The van der Waals surface area contributed by atoms with Gasteiger partial charge in [0.25, 0.3) is 5.91 Å². The minimum absolute atomic E-state index is 0.0422. The Balaban J connectivity index is 1.76. The zero-order valence-corrected chi connectivity index (χ0v) is 13.9. The summed E-state index contributed by atoms with van der Waals surface area (Å²) >= 11 is 0. The molecule has 0 unspecified atom stereocenters. The normalized spacial score (nSPS) is 21.6. The number of aryl methyl sites for hydroxylation is 1. The highest BCUT2D eigenvalue weighted by atomic mass is 16.2. The van der Waals surface area contributed by atoms with Gasteiger partial charge in [0.15, 0.2) is 0 Å². The second kappa shape index (κ2) is 6.64. The van der Waals surface area contributed by atoms with E-state index in [1.165, 1.54) is 0 Å². The summed E-state index contributed by atoms with van der Waals surface area (Å²) in [5, 5.41) is 0. The van der Waals surface area contributed by atoms with Crippen LogP contribution in [0, 0.1) is 6.92 Å². The van der Waals surface area contributed by atoms with Crippen LogP contribution in [0.3, 0.4) is 0 Å². The van der Waals surface area contributed by atoms with E-state index >= 15 is 0 Å². The Morgan fingerprint density at radius 2 is 1.83 bits per heavy atom. The Morgan fingerprint density at radius 1 is 1.13 bits per heavy atom. The van der Waals surface area contributed by atoms with Crippen LogP contribution in [0.2, 0.25) is 0 Å². The maximum absolute atomic E-state index is 12.5. The highest BCUT2D eigenvalue weighted by molar-refractivity contribution is 5.95. The lowest BCUT2D eigenvalue weighted by Crippen LogP contribution is -2.38. The molecule has 3 heterocycles. The fourth-order valence-corrected chi connectivity index (χ4v) is 3.46. The van der Waals surface area contributed by atoms with Crippen LogP contribution < -0.4 is 0 Å². The zero-order valence-electron chi connectivity index (χ0n) is 13.9. The monoisotopic (exact) mass is 316 g/mol. The van der Waals surface area contributed by atoms with Crippen LogP contribution in [0.5, 0.6) is 0 Å². The Morgan fingerprint density at radius 3 is 2.48 bits per heavy atom. The molecule has 2 saturated heterocycles. The third kappa shape index (κ3) is 3.35. The van der Waals surface area contributed by atoms with Crippen molar-refractivity contribution in [1.29, 1.82) is 0 Å². The van der Waals surface area contributed by atoms with Gasteiger partial charge in [0, 0.05) is 45.2 Å². The van der Waals surface area contributed by atoms with E-state index in [0.717, 1.165) is 56.8 Å². The van der Waals surface area contributed by atoms with Crippen molar-refractivity contribution < 1.29 is 9.59 Å². The maximum Gasteiger partial charge on any atom is 0.257 e. The van der Waals surface area contributed by atoms with E-state index in [1.807, 2.05) is 16.7 Å². The van der Waals surface area contributed by atoms with Gasteiger partial charge in [0.1, 0.15) is 5.82 Å². The molecule has 2 aliphatic heterocycles. The van der Waals surface area contributed by atoms with E-state index in [1.54, 1.807) is 13.1 Å². The molecular weight excluding hydrogens is 292 g/mol. The second-order valence-electron chi connectivity index (χ2n) is 6.53. The molecule has 2 aliphatic rings. The largest absolute Gasteiger partial charge is 0.342 e. The Bertz CT molecular complexity index is 611. The number of rotatable bonds is 2. The maximum atomic E-state index is 12.5. The standard InChI is InChI=1S/C17H24N4O2/c1-12-15(17(23)20-7-3-4-8-20)10-18-16(19-12)14-6-5-9-21(11-14)13(2)22/h10,14H,3-9,11H2,1-2H3/t14-/m1/s1. The molecule has 2 amide bonds. The Kier molecular flexibility index (Phi) is 4.59. The molecule has 0 bridgehead atoms. The van der Waals surface area contributed by atoms with Crippen LogP contribution in [0.25, 0.3) is 0 Å². The van der Waals surface area contributed by atoms with Crippen LogP contribution in [0.4, 0.5) is 0 Å². The summed E-state index contributed by atoms with van der Waals surface area (Å²) < 4.78 is 0. The molecule has 3 rings (SSSR count). The summed E-state index contributed by atoms with van der Waals surface area (Å²) in [6, 6.07) is 0. The van der Waals surface area contributed by atoms with E-state index < -0.39 is 0 Å². The summed E-state index contributed by atoms with van der Waals surface area (Å²) in [6.07, 6.45) is 5.79. The topological polar surface area (TPSA) is 66.4 Å². The van der Waals surface area contributed by atoms with E-state index in [-0.39, 0.29) is 17.7 Å². The van der Waals surface area contributed by atoms with Gasteiger partial charge in [0.05, 0.1) is 11.3 Å². The predicted molar refractivity (Wildman–Crippen MR) is 86.1 cm³/mol. The van der Waals surface area contributed by atoms with E-state index in [4.69, 9.17) is 0 Å². The molecule has 124 valence electrons. The summed E-state index contributed by atoms with van der Waals surface area (Å²) in [6.45, 7) is 6.63. The molecule has 2 fully saturated rings.